The van der Waals surface area contributed by atoms with Crippen LogP contribution in [0, 0.1) is 6.07 Å². The van der Waals surface area contributed by atoms with E-state index >= 15 is 0 Å². The van der Waals surface area contributed by atoms with Gasteiger partial charge in [0, 0.05) is 6.07 Å². The third-order valence-electron chi connectivity index (χ3n) is 2.80. The number of rotatable bonds is 4. The molecule has 0 atom stereocenters. The van der Waals surface area contributed by atoms with E-state index in [9.17, 15) is 0 Å². The minimum atomic E-state index is 0.599. The highest BCUT2D eigenvalue weighted by Gasteiger charge is 2.16. The first-order valence-corrected chi connectivity index (χ1v) is 5.44. The molecule has 0 aromatic heterocycles. The van der Waals surface area contributed by atoms with Gasteiger partial charge in [0.15, 0.2) is 0 Å². The smallest absolute Gasteiger partial charge is 0.138 e. The second kappa shape index (κ2) is 5.04. The van der Waals surface area contributed by atoms with Crippen molar-refractivity contribution in [1.29, 1.82) is 0 Å². The number of hydrogen-bond acceptors (Lipinski definition) is 4. The summed E-state index contributed by atoms with van der Waals surface area (Å²) >= 11 is 0. The van der Waals surface area contributed by atoms with Crippen molar-refractivity contribution < 1.29 is 18.9 Å². The molecule has 0 saturated carbocycles. The van der Waals surface area contributed by atoms with Gasteiger partial charge in [-0.3, -0.25) is 0 Å². The van der Waals surface area contributed by atoms with Gasteiger partial charge in [0.1, 0.15) is 23.0 Å². The fourth-order valence-electron chi connectivity index (χ4n) is 1.97. The molecule has 0 aliphatic rings. The molecule has 95 valence electrons. The molecule has 2 rings (SSSR count). The van der Waals surface area contributed by atoms with Gasteiger partial charge in [-0.2, -0.15) is 0 Å². The lowest BCUT2D eigenvalue weighted by Crippen LogP contribution is -1.95. The van der Waals surface area contributed by atoms with Crippen LogP contribution in [-0.4, -0.2) is 28.4 Å². The molecule has 0 bridgehead atoms. The summed E-state index contributed by atoms with van der Waals surface area (Å²) in [4.78, 5) is 0. The van der Waals surface area contributed by atoms with Gasteiger partial charge < -0.3 is 18.9 Å². The number of methoxy groups -OCH3 is 4. The highest BCUT2D eigenvalue weighted by Crippen LogP contribution is 2.43. The molecule has 0 saturated heterocycles. The topological polar surface area (TPSA) is 36.9 Å². The maximum atomic E-state index is 5.36. The summed E-state index contributed by atoms with van der Waals surface area (Å²) < 4.78 is 21.4. The molecule has 18 heavy (non-hydrogen) atoms. The highest BCUT2D eigenvalue weighted by molar-refractivity contribution is 6.01. The molecular weight excluding hydrogens is 232 g/mol. The van der Waals surface area contributed by atoms with Crippen molar-refractivity contribution in [3.05, 3.63) is 24.3 Å². The molecule has 4 heteroatoms. The van der Waals surface area contributed by atoms with Crippen molar-refractivity contribution in [3.8, 4) is 23.0 Å². The summed E-state index contributed by atoms with van der Waals surface area (Å²) in [5.41, 5.74) is 0. The third-order valence-corrected chi connectivity index (χ3v) is 2.80. The van der Waals surface area contributed by atoms with Gasteiger partial charge in [0.25, 0.3) is 0 Å². The van der Waals surface area contributed by atoms with Crippen molar-refractivity contribution in [1.82, 2.24) is 0 Å². The summed E-state index contributed by atoms with van der Waals surface area (Å²) in [6.07, 6.45) is 0. The number of fused-ring (bicyclic) bond motifs is 1. The Hall–Kier alpha value is -2.10. The first kappa shape index (κ1) is 12.4. The van der Waals surface area contributed by atoms with Crippen LogP contribution in [-0.2, 0) is 0 Å². The van der Waals surface area contributed by atoms with Crippen LogP contribution in [0.1, 0.15) is 0 Å². The van der Waals surface area contributed by atoms with Gasteiger partial charge in [-0.25, -0.2) is 0 Å². The van der Waals surface area contributed by atoms with E-state index < -0.39 is 0 Å². The van der Waals surface area contributed by atoms with Gasteiger partial charge in [0.2, 0.25) is 0 Å². The molecule has 2 aromatic rings. The van der Waals surface area contributed by atoms with Crippen LogP contribution in [0.25, 0.3) is 10.8 Å². The summed E-state index contributed by atoms with van der Waals surface area (Å²) in [5.74, 6) is 2.66. The molecule has 1 radical (unpaired) electrons. The zero-order valence-corrected chi connectivity index (χ0v) is 10.9. The van der Waals surface area contributed by atoms with Gasteiger partial charge in [0.05, 0.1) is 39.2 Å². The minimum absolute atomic E-state index is 0.599. The predicted molar refractivity (Wildman–Crippen MR) is 69.0 cm³/mol. The Morgan fingerprint density at radius 1 is 0.722 bits per heavy atom. The summed E-state index contributed by atoms with van der Waals surface area (Å²) in [7, 11) is 6.43. The minimum Gasteiger partial charge on any atom is -0.496 e. The van der Waals surface area contributed by atoms with E-state index in [0.717, 1.165) is 10.8 Å². The Bertz CT molecular complexity index is 466. The van der Waals surface area contributed by atoms with Crippen LogP contribution in [0.4, 0.5) is 0 Å². The molecule has 0 spiro atoms. The number of ether oxygens (including phenoxy) is 4. The molecule has 0 unspecified atom stereocenters. The standard InChI is InChI=1S/C14H15O4/c1-15-9-5-6-11(17-3)14-12(18-4)8-7-10(16-2)13(9)14/h5-7H,1-4H3. The average Bonchev–Trinajstić information content (AvgIpc) is 2.44. The molecule has 0 aliphatic carbocycles. The molecule has 0 N–H and O–H groups in total. The Morgan fingerprint density at radius 2 is 1.28 bits per heavy atom. The van der Waals surface area contributed by atoms with Crippen LogP contribution in [0.5, 0.6) is 23.0 Å². The second-order valence-corrected chi connectivity index (χ2v) is 3.61. The van der Waals surface area contributed by atoms with Gasteiger partial charge in [-0.05, 0) is 18.2 Å². The van der Waals surface area contributed by atoms with E-state index in [4.69, 9.17) is 18.9 Å². The van der Waals surface area contributed by atoms with Crippen molar-refractivity contribution >= 4 is 10.8 Å². The predicted octanol–water partition coefficient (Wildman–Crippen LogP) is 2.67. The Balaban J connectivity index is 2.92. The fourth-order valence-corrected chi connectivity index (χ4v) is 1.97. The monoisotopic (exact) mass is 247 g/mol. The Morgan fingerprint density at radius 3 is 1.78 bits per heavy atom. The molecule has 0 fully saturated rings. The van der Waals surface area contributed by atoms with Crippen LogP contribution < -0.4 is 18.9 Å². The highest BCUT2D eigenvalue weighted by atomic mass is 16.5. The zero-order chi connectivity index (χ0) is 13.1. The third kappa shape index (κ3) is 1.79. The Kier molecular flexibility index (Phi) is 3.46. The fraction of sp³-hybridized carbons (Fsp3) is 0.286. The van der Waals surface area contributed by atoms with Crippen LogP contribution in [0.2, 0.25) is 0 Å². The largest absolute Gasteiger partial charge is 0.496 e. The molecule has 4 nitrogen and oxygen atoms in total. The number of hydrogen-bond donors (Lipinski definition) is 0. The van der Waals surface area contributed by atoms with E-state index in [1.807, 2.05) is 12.1 Å². The normalized spacial score (nSPS) is 10.2. The van der Waals surface area contributed by atoms with Crippen molar-refractivity contribution in [3.63, 3.8) is 0 Å². The summed E-state index contributed by atoms with van der Waals surface area (Å²) in [6.45, 7) is 0. The lowest BCUT2D eigenvalue weighted by molar-refractivity contribution is 0.392. The van der Waals surface area contributed by atoms with Crippen LogP contribution >= 0.6 is 0 Å². The Labute approximate surface area is 106 Å². The SMILES string of the molecule is COc1[c]cc(OC)c2c(OC)ccc(OC)c12. The summed E-state index contributed by atoms with van der Waals surface area (Å²) in [5, 5.41) is 1.61. The molecule has 0 amide bonds. The van der Waals surface area contributed by atoms with E-state index in [1.165, 1.54) is 0 Å². The van der Waals surface area contributed by atoms with E-state index in [2.05, 4.69) is 6.07 Å². The molecular formula is C14H15O4. The van der Waals surface area contributed by atoms with E-state index in [-0.39, 0.29) is 0 Å². The summed E-state index contributed by atoms with van der Waals surface area (Å²) in [6, 6.07) is 8.42. The quantitative estimate of drug-likeness (QED) is 0.832. The first-order valence-electron chi connectivity index (χ1n) is 5.44. The van der Waals surface area contributed by atoms with Gasteiger partial charge in [-0.1, -0.05) is 0 Å². The lowest BCUT2D eigenvalue weighted by atomic mass is 10.1. The maximum absolute atomic E-state index is 5.36. The lowest BCUT2D eigenvalue weighted by Gasteiger charge is -2.15. The van der Waals surface area contributed by atoms with Crippen LogP contribution in [0.3, 0.4) is 0 Å². The zero-order valence-electron chi connectivity index (χ0n) is 10.9. The van der Waals surface area contributed by atoms with Crippen molar-refractivity contribution in [2.75, 3.05) is 28.4 Å². The van der Waals surface area contributed by atoms with Gasteiger partial charge in [-0.15, -0.1) is 0 Å². The van der Waals surface area contributed by atoms with Gasteiger partial charge >= 0.3 is 0 Å². The van der Waals surface area contributed by atoms with Crippen molar-refractivity contribution in [2.45, 2.75) is 0 Å². The van der Waals surface area contributed by atoms with E-state index in [0.29, 0.717) is 23.0 Å². The van der Waals surface area contributed by atoms with Crippen LogP contribution in [0.15, 0.2) is 18.2 Å². The first-order chi connectivity index (χ1) is 8.76. The van der Waals surface area contributed by atoms with Crippen molar-refractivity contribution in [2.24, 2.45) is 0 Å². The second-order valence-electron chi connectivity index (χ2n) is 3.61. The maximum Gasteiger partial charge on any atom is 0.138 e. The van der Waals surface area contributed by atoms with E-state index in [1.54, 1.807) is 34.5 Å². The molecule has 0 aliphatic heterocycles. The average molecular weight is 247 g/mol. The molecule has 2 aromatic carbocycles. The number of benzene rings is 2. The molecule has 0 heterocycles.